The van der Waals surface area contributed by atoms with Crippen molar-refractivity contribution in [3.8, 4) is 0 Å². The van der Waals surface area contributed by atoms with Gasteiger partial charge in [0.1, 0.15) is 0 Å². The summed E-state index contributed by atoms with van der Waals surface area (Å²) < 4.78 is 27.0. The van der Waals surface area contributed by atoms with Gasteiger partial charge in [0.2, 0.25) is 10.0 Å². The number of anilines is 1. The number of rotatable bonds is 4. The van der Waals surface area contributed by atoms with Crippen LogP contribution in [0.1, 0.15) is 31.7 Å². The van der Waals surface area contributed by atoms with Gasteiger partial charge < -0.3 is 9.55 Å². The fraction of sp³-hybridized carbons (Fsp3) is 0.500. The third-order valence-corrected chi connectivity index (χ3v) is 5.59. The average Bonchev–Trinajstić information content (AvgIpc) is 2.53. The Morgan fingerprint density at radius 2 is 2.00 bits per heavy atom. The Bertz CT molecular complexity index is 1000. The molecule has 0 atom stereocenters. The van der Waals surface area contributed by atoms with Crippen molar-refractivity contribution >= 4 is 26.7 Å². The lowest BCUT2D eigenvalue weighted by molar-refractivity contribution is 0.592. The van der Waals surface area contributed by atoms with E-state index in [0.717, 1.165) is 18.4 Å². The highest BCUT2D eigenvalue weighted by molar-refractivity contribution is 7.92. The Balaban J connectivity index is 2.36. The quantitative estimate of drug-likeness (QED) is 0.838. The predicted octanol–water partition coefficient (Wildman–Crippen LogP) is 1.20. The van der Waals surface area contributed by atoms with Crippen LogP contribution in [0.2, 0.25) is 0 Å². The third-order valence-electron chi connectivity index (χ3n) is 4.41. The van der Waals surface area contributed by atoms with Crippen LogP contribution in [0.15, 0.2) is 21.7 Å². The Kier molecular flexibility index (Phi) is 4.25. The maximum Gasteiger partial charge on any atom is 0.316 e. The van der Waals surface area contributed by atoms with E-state index in [0.29, 0.717) is 42.7 Å². The van der Waals surface area contributed by atoms with Gasteiger partial charge in [-0.25, -0.2) is 8.42 Å². The Labute approximate surface area is 140 Å². The lowest BCUT2D eigenvalue weighted by Crippen LogP contribution is -2.38. The molecular formula is C16H21N3O4S. The SMILES string of the molecule is CCCCn1c(=O)c(=O)[nH]c2ccc3c(c21)CCCN3S(C)(=O)=O. The first-order chi connectivity index (χ1) is 11.3. The lowest BCUT2D eigenvalue weighted by Gasteiger charge is -2.30. The standard InChI is InChI=1S/C16H21N3O4S/c1-3-4-9-18-14-11-6-5-10-19(24(2,22)23)13(11)8-7-12(14)17-15(20)16(18)21/h7-8H,3-6,9-10H2,1-2H3,(H,17,20). The highest BCUT2D eigenvalue weighted by Crippen LogP contribution is 2.33. The van der Waals surface area contributed by atoms with Gasteiger partial charge in [0.05, 0.1) is 23.0 Å². The minimum absolute atomic E-state index is 0.430. The molecule has 0 bridgehead atoms. The summed E-state index contributed by atoms with van der Waals surface area (Å²) in [5.41, 5.74) is 1.42. The van der Waals surface area contributed by atoms with Crippen LogP contribution in [0.4, 0.5) is 5.69 Å². The van der Waals surface area contributed by atoms with Gasteiger partial charge in [-0.15, -0.1) is 0 Å². The number of nitrogens with zero attached hydrogens (tertiary/aromatic N) is 2. The first-order valence-electron chi connectivity index (χ1n) is 8.11. The molecule has 0 aliphatic carbocycles. The molecule has 0 spiro atoms. The fourth-order valence-electron chi connectivity index (χ4n) is 3.31. The zero-order chi connectivity index (χ0) is 17.5. The normalized spacial score (nSPS) is 14.8. The van der Waals surface area contributed by atoms with Crippen molar-refractivity contribution in [2.45, 2.75) is 39.2 Å². The van der Waals surface area contributed by atoms with Crippen molar-refractivity contribution in [2.24, 2.45) is 0 Å². The van der Waals surface area contributed by atoms with E-state index in [4.69, 9.17) is 0 Å². The van der Waals surface area contributed by atoms with Crippen LogP contribution in [0, 0.1) is 0 Å². The summed E-state index contributed by atoms with van der Waals surface area (Å²) in [6, 6.07) is 3.39. The second-order valence-electron chi connectivity index (χ2n) is 6.16. The maximum atomic E-state index is 12.3. The first kappa shape index (κ1) is 16.8. The first-order valence-corrected chi connectivity index (χ1v) is 9.96. The van der Waals surface area contributed by atoms with E-state index in [-0.39, 0.29) is 0 Å². The van der Waals surface area contributed by atoms with Crippen LogP contribution in [-0.2, 0) is 23.0 Å². The van der Waals surface area contributed by atoms with E-state index in [1.165, 1.54) is 15.1 Å². The Morgan fingerprint density at radius 1 is 1.25 bits per heavy atom. The molecular weight excluding hydrogens is 330 g/mol. The zero-order valence-corrected chi connectivity index (χ0v) is 14.6. The Hall–Kier alpha value is -2.09. The Morgan fingerprint density at radius 3 is 2.67 bits per heavy atom. The number of hydrogen-bond donors (Lipinski definition) is 1. The molecule has 0 amide bonds. The smallest absolute Gasteiger partial charge is 0.316 e. The molecule has 1 aliphatic heterocycles. The molecule has 7 nitrogen and oxygen atoms in total. The van der Waals surface area contributed by atoms with Crippen molar-refractivity contribution in [1.29, 1.82) is 0 Å². The second kappa shape index (κ2) is 6.08. The average molecular weight is 351 g/mol. The van der Waals surface area contributed by atoms with Gasteiger partial charge in [-0.2, -0.15) is 0 Å². The molecule has 24 heavy (non-hydrogen) atoms. The molecule has 0 fully saturated rings. The summed E-state index contributed by atoms with van der Waals surface area (Å²) in [7, 11) is -3.38. The molecule has 1 aromatic heterocycles. The van der Waals surface area contributed by atoms with Gasteiger partial charge in [0.15, 0.2) is 0 Å². The number of hydrogen-bond acceptors (Lipinski definition) is 4. The van der Waals surface area contributed by atoms with Crippen LogP contribution in [-0.4, -0.2) is 30.8 Å². The minimum atomic E-state index is -3.38. The maximum absolute atomic E-state index is 12.3. The molecule has 0 radical (unpaired) electrons. The summed E-state index contributed by atoms with van der Waals surface area (Å²) in [5, 5.41) is 0. The molecule has 2 aromatic rings. The van der Waals surface area contributed by atoms with Gasteiger partial charge in [0, 0.05) is 18.7 Å². The van der Waals surface area contributed by atoms with Crippen LogP contribution in [0.25, 0.3) is 11.0 Å². The number of H-pyrrole nitrogens is 1. The molecule has 1 aliphatic rings. The zero-order valence-electron chi connectivity index (χ0n) is 13.8. The van der Waals surface area contributed by atoms with Gasteiger partial charge in [-0.05, 0) is 31.4 Å². The number of aromatic amines is 1. The second-order valence-corrected chi connectivity index (χ2v) is 8.07. The van der Waals surface area contributed by atoms with E-state index in [9.17, 15) is 18.0 Å². The molecule has 1 N–H and O–H groups in total. The number of aromatic nitrogens is 2. The van der Waals surface area contributed by atoms with Crippen LogP contribution in [0.5, 0.6) is 0 Å². The number of fused-ring (bicyclic) bond motifs is 3. The van der Waals surface area contributed by atoms with Gasteiger partial charge in [0.25, 0.3) is 0 Å². The summed E-state index contributed by atoms with van der Waals surface area (Å²) in [5.74, 6) is 0. The summed E-state index contributed by atoms with van der Waals surface area (Å²) in [4.78, 5) is 26.9. The number of nitrogens with one attached hydrogen (secondary N) is 1. The van der Waals surface area contributed by atoms with Gasteiger partial charge >= 0.3 is 11.1 Å². The molecule has 3 rings (SSSR count). The molecule has 2 heterocycles. The van der Waals surface area contributed by atoms with Crippen LogP contribution < -0.4 is 15.4 Å². The van der Waals surface area contributed by atoms with Gasteiger partial charge in [-0.3, -0.25) is 13.9 Å². The summed E-state index contributed by atoms with van der Waals surface area (Å²) in [6.45, 7) is 2.90. The molecule has 0 saturated carbocycles. The van der Waals surface area contributed by atoms with Crippen molar-refractivity contribution in [1.82, 2.24) is 9.55 Å². The third kappa shape index (κ3) is 2.75. The van der Waals surface area contributed by atoms with E-state index < -0.39 is 21.1 Å². The highest BCUT2D eigenvalue weighted by atomic mass is 32.2. The molecule has 0 saturated heterocycles. The number of benzene rings is 1. The highest BCUT2D eigenvalue weighted by Gasteiger charge is 2.26. The van der Waals surface area contributed by atoms with Gasteiger partial charge in [-0.1, -0.05) is 13.3 Å². The van der Waals surface area contributed by atoms with E-state index in [1.54, 1.807) is 12.1 Å². The van der Waals surface area contributed by atoms with Crippen molar-refractivity contribution in [3.05, 3.63) is 38.4 Å². The largest absolute Gasteiger partial charge is 0.316 e. The number of aryl methyl sites for hydroxylation is 2. The van der Waals surface area contributed by atoms with E-state index in [1.807, 2.05) is 6.92 Å². The molecule has 130 valence electrons. The van der Waals surface area contributed by atoms with E-state index >= 15 is 0 Å². The summed E-state index contributed by atoms with van der Waals surface area (Å²) in [6.07, 6.45) is 4.21. The van der Waals surface area contributed by atoms with E-state index in [2.05, 4.69) is 4.98 Å². The minimum Gasteiger partial charge on any atom is -0.316 e. The predicted molar refractivity (Wildman–Crippen MR) is 94.2 cm³/mol. The van der Waals surface area contributed by atoms with Crippen LogP contribution in [0.3, 0.4) is 0 Å². The number of unbranched alkanes of at least 4 members (excludes halogenated alkanes) is 1. The molecule has 8 heteroatoms. The number of sulfonamides is 1. The van der Waals surface area contributed by atoms with Crippen LogP contribution >= 0.6 is 0 Å². The topological polar surface area (TPSA) is 92.2 Å². The summed E-state index contributed by atoms with van der Waals surface area (Å²) >= 11 is 0. The fourth-order valence-corrected chi connectivity index (χ4v) is 4.30. The van der Waals surface area contributed by atoms with Crippen molar-refractivity contribution in [2.75, 3.05) is 17.1 Å². The lowest BCUT2D eigenvalue weighted by atomic mass is 10.0. The van der Waals surface area contributed by atoms with Crippen molar-refractivity contribution < 1.29 is 8.42 Å². The molecule has 0 unspecified atom stereocenters. The van der Waals surface area contributed by atoms with Crippen molar-refractivity contribution in [3.63, 3.8) is 0 Å². The monoisotopic (exact) mass is 351 g/mol. The molecule has 1 aromatic carbocycles.